The summed E-state index contributed by atoms with van der Waals surface area (Å²) in [5.74, 6) is -4.08. The lowest BCUT2D eigenvalue weighted by atomic mass is 9.66. The molecule has 2 aromatic carbocycles. The van der Waals surface area contributed by atoms with Gasteiger partial charge in [0.05, 0.1) is 30.1 Å². The Balaban J connectivity index is 1.70. The third-order valence-electron chi connectivity index (χ3n) is 8.64. The molecule has 2 N–H and O–H groups in total. The fraction of sp³-hybridized carbons (Fsp3) is 0.433. The van der Waals surface area contributed by atoms with Crippen LogP contribution in [0.2, 0.25) is 0 Å². The van der Waals surface area contributed by atoms with Gasteiger partial charge in [-0.05, 0) is 56.4 Å². The molecule has 2 aromatic rings. The average Bonchev–Trinajstić information content (AvgIpc) is 3.46. The lowest BCUT2D eigenvalue weighted by Crippen LogP contribution is -2.57. The molecule has 3 aliphatic rings. The van der Waals surface area contributed by atoms with Crippen LogP contribution in [0.15, 0.2) is 61.2 Å². The first kappa shape index (κ1) is 26.1. The van der Waals surface area contributed by atoms with Gasteiger partial charge in [-0.25, -0.2) is 0 Å². The minimum absolute atomic E-state index is 0.192. The van der Waals surface area contributed by atoms with Gasteiger partial charge in [-0.2, -0.15) is 0 Å². The molecular formula is C30H34N2O6. The summed E-state index contributed by atoms with van der Waals surface area (Å²) in [6.07, 6.45) is 2.43. The number of carboxylic acids is 1. The summed E-state index contributed by atoms with van der Waals surface area (Å²) in [7, 11) is 0. The monoisotopic (exact) mass is 518 g/mol. The van der Waals surface area contributed by atoms with Gasteiger partial charge < -0.3 is 24.7 Å². The second-order valence-electron chi connectivity index (χ2n) is 10.9. The molecule has 8 nitrogen and oxygen atoms in total. The SMILES string of the molecule is C=CCN(C(=O)C1N([C@H](CO)c2ccccc2)C(=O)[C@@H]2[C@@H](C(=O)O)[C@@]3(C)CCC12O3)c1cc(C)ccc1C. The van der Waals surface area contributed by atoms with E-state index in [9.17, 15) is 24.6 Å². The van der Waals surface area contributed by atoms with Gasteiger partial charge >= 0.3 is 5.97 Å². The Kier molecular flexibility index (Phi) is 6.44. The van der Waals surface area contributed by atoms with Crippen LogP contribution in [0.1, 0.15) is 42.5 Å². The minimum atomic E-state index is -1.31. The van der Waals surface area contributed by atoms with E-state index in [-0.39, 0.29) is 12.5 Å². The molecule has 2 amide bonds. The van der Waals surface area contributed by atoms with Gasteiger partial charge in [-0.1, -0.05) is 48.5 Å². The van der Waals surface area contributed by atoms with Crippen LogP contribution in [0.3, 0.4) is 0 Å². The van der Waals surface area contributed by atoms with Crippen molar-refractivity contribution in [2.45, 2.75) is 56.9 Å². The molecule has 3 heterocycles. The van der Waals surface area contributed by atoms with Crippen molar-refractivity contribution in [3.63, 3.8) is 0 Å². The molecule has 200 valence electrons. The second kappa shape index (κ2) is 9.36. The fourth-order valence-corrected chi connectivity index (χ4v) is 6.98. The number of aliphatic hydroxyl groups is 1. The summed E-state index contributed by atoms with van der Waals surface area (Å²) in [4.78, 5) is 44.4. The van der Waals surface area contributed by atoms with E-state index in [1.807, 2.05) is 38.1 Å². The highest BCUT2D eigenvalue weighted by atomic mass is 16.5. The van der Waals surface area contributed by atoms with Crippen molar-refractivity contribution in [1.29, 1.82) is 0 Å². The number of aliphatic hydroxyl groups excluding tert-OH is 1. The quantitative estimate of drug-likeness (QED) is 0.519. The first-order chi connectivity index (χ1) is 18.1. The van der Waals surface area contributed by atoms with Crippen LogP contribution < -0.4 is 4.90 Å². The van der Waals surface area contributed by atoms with Crippen molar-refractivity contribution >= 4 is 23.5 Å². The van der Waals surface area contributed by atoms with Crippen LogP contribution >= 0.6 is 0 Å². The molecule has 5 rings (SSSR count). The highest BCUT2D eigenvalue weighted by Crippen LogP contribution is 2.64. The van der Waals surface area contributed by atoms with Crippen LogP contribution in [0.25, 0.3) is 0 Å². The molecule has 2 unspecified atom stereocenters. The zero-order valence-electron chi connectivity index (χ0n) is 22.0. The molecule has 0 aromatic heterocycles. The van der Waals surface area contributed by atoms with Crippen LogP contribution in [-0.2, 0) is 19.1 Å². The number of amides is 2. The predicted octanol–water partition coefficient (Wildman–Crippen LogP) is 3.41. The Morgan fingerprint density at radius 3 is 2.55 bits per heavy atom. The van der Waals surface area contributed by atoms with E-state index in [4.69, 9.17) is 4.74 Å². The normalized spacial score (nSPS) is 30.3. The number of hydrogen-bond donors (Lipinski definition) is 2. The van der Waals surface area contributed by atoms with Crippen molar-refractivity contribution in [3.05, 3.63) is 77.9 Å². The molecule has 0 aliphatic carbocycles. The van der Waals surface area contributed by atoms with Crippen molar-refractivity contribution in [2.24, 2.45) is 11.8 Å². The topological polar surface area (TPSA) is 107 Å². The molecule has 0 saturated carbocycles. The summed E-state index contributed by atoms with van der Waals surface area (Å²) in [6, 6.07) is 12.9. The third-order valence-corrected chi connectivity index (χ3v) is 8.64. The van der Waals surface area contributed by atoms with E-state index in [2.05, 4.69) is 6.58 Å². The maximum Gasteiger partial charge on any atom is 0.310 e. The highest BCUT2D eigenvalue weighted by molar-refractivity contribution is 6.05. The number of nitrogens with zero attached hydrogens (tertiary/aromatic N) is 2. The second-order valence-corrected chi connectivity index (χ2v) is 10.9. The van der Waals surface area contributed by atoms with E-state index >= 15 is 0 Å². The third kappa shape index (κ3) is 3.69. The number of ether oxygens (including phenoxy) is 1. The Bertz CT molecular complexity index is 1290. The fourth-order valence-electron chi connectivity index (χ4n) is 6.98. The Morgan fingerprint density at radius 2 is 1.92 bits per heavy atom. The van der Waals surface area contributed by atoms with E-state index in [1.165, 1.54) is 4.90 Å². The zero-order chi connectivity index (χ0) is 27.4. The van der Waals surface area contributed by atoms with Crippen molar-refractivity contribution < 1.29 is 29.3 Å². The van der Waals surface area contributed by atoms with E-state index in [0.29, 0.717) is 24.1 Å². The first-order valence-electron chi connectivity index (χ1n) is 13.0. The number of carbonyl (C=O) groups is 3. The zero-order valence-corrected chi connectivity index (χ0v) is 22.0. The number of anilines is 1. The molecule has 1 spiro atoms. The van der Waals surface area contributed by atoms with Crippen LogP contribution in [0.5, 0.6) is 0 Å². The van der Waals surface area contributed by atoms with Gasteiger partial charge in [0.25, 0.3) is 5.91 Å². The molecule has 0 radical (unpaired) electrons. The first-order valence-corrected chi connectivity index (χ1v) is 13.0. The number of carboxylic acid groups (broad SMARTS) is 1. The molecule has 3 fully saturated rings. The van der Waals surface area contributed by atoms with Gasteiger partial charge in [0, 0.05) is 12.2 Å². The standard InChI is InChI=1S/C30H34N2O6/c1-5-15-31(21-16-18(2)11-12-19(21)3)27(35)25-30-14-13-29(4,38-30)24(28(36)37)23(30)26(34)32(25)22(17-33)20-9-7-6-8-10-20/h5-12,16,22-25,33H,1,13-15,17H2,2-4H3,(H,36,37)/t22-,23+,24+,25?,29-,30?/m1/s1. The maximum absolute atomic E-state index is 14.7. The number of likely N-dealkylation sites (tertiary alicyclic amines) is 1. The van der Waals surface area contributed by atoms with Crippen LogP contribution in [0, 0.1) is 25.7 Å². The highest BCUT2D eigenvalue weighted by Gasteiger charge is 2.79. The number of fused-ring (bicyclic) bond motifs is 1. The summed E-state index contributed by atoms with van der Waals surface area (Å²) in [6.45, 7) is 9.20. The van der Waals surface area contributed by atoms with E-state index in [1.54, 1.807) is 42.2 Å². The number of carbonyl (C=O) groups excluding carboxylic acids is 2. The van der Waals surface area contributed by atoms with Crippen molar-refractivity contribution in [2.75, 3.05) is 18.1 Å². The Labute approximate surface area is 222 Å². The number of aliphatic carboxylic acids is 1. The predicted molar refractivity (Wildman–Crippen MR) is 141 cm³/mol. The van der Waals surface area contributed by atoms with Gasteiger partial charge in [0.15, 0.2) is 0 Å². The molecule has 3 aliphatic heterocycles. The van der Waals surface area contributed by atoms with Crippen molar-refractivity contribution in [3.8, 4) is 0 Å². The Morgan fingerprint density at radius 1 is 1.21 bits per heavy atom. The largest absolute Gasteiger partial charge is 0.481 e. The summed E-state index contributed by atoms with van der Waals surface area (Å²) in [5.41, 5.74) is 0.830. The molecule has 6 atom stereocenters. The van der Waals surface area contributed by atoms with Gasteiger partial charge in [-0.15, -0.1) is 6.58 Å². The van der Waals surface area contributed by atoms with Crippen LogP contribution in [0.4, 0.5) is 5.69 Å². The van der Waals surface area contributed by atoms with Gasteiger partial charge in [0.2, 0.25) is 5.91 Å². The molecule has 8 heteroatoms. The summed E-state index contributed by atoms with van der Waals surface area (Å²) >= 11 is 0. The van der Waals surface area contributed by atoms with E-state index in [0.717, 1.165) is 11.1 Å². The molecule has 38 heavy (non-hydrogen) atoms. The summed E-state index contributed by atoms with van der Waals surface area (Å²) in [5, 5.41) is 20.8. The smallest absolute Gasteiger partial charge is 0.310 e. The number of hydrogen-bond acceptors (Lipinski definition) is 5. The van der Waals surface area contributed by atoms with Crippen LogP contribution in [-0.4, -0.2) is 63.3 Å². The van der Waals surface area contributed by atoms with E-state index < -0.39 is 53.6 Å². The van der Waals surface area contributed by atoms with Gasteiger partial charge in [0.1, 0.15) is 11.6 Å². The Hall–Kier alpha value is -3.49. The van der Waals surface area contributed by atoms with Crippen molar-refractivity contribution in [1.82, 2.24) is 4.90 Å². The molecular weight excluding hydrogens is 484 g/mol. The molecule has 2 bridgehead atoms. The lowest BCUT2D eigenvalue weighted by Gasteiger charge is -2.40. The van der Waals surface area contributed by atoms with Gasteiger partial charge in [-0.3, -0.25) is 14.4 Å². The average molecular weight is 519 g/mol. The maximum atomic E-state index is 14.7. The number of rotatable bonds is 8. The lowest BCUT2D eigenvalue weighted by molar-refractivity contribution is -0.155. The molecule has 3 saturated heterocycles. The number of benzene rings is 2. The minimum Gasteiger partial charge on any atom is -0.481 e. The number of aryl methyl sites for hydroxylation is 2. The summed E-state index contributed by atoms with van der Waals surface area (Å²) < 4.78 is 6.53.